The van der Waals surface area contributed by atoms with Crippen molar-refractivity contribution in [1.82, 2.24) is 4.90 Å². The summed E-state index contributed by atoms with van der Waals surface area (Å²) >= 11 is 4.89. The Bertz CT molecular complexity index is 132. The van der Waals surface area contributed by atoms with Crippen molar-refractivity contribution >= 4 is 33.6 Å². The van der Waals surface area contributed by atoms with Gasteiger partial charge in [-0.05, 0) is 13.2 Å². The lowest BCUT2D eigenvalue weighted by Crippen LogP contribution is -2.37. The molecule has 66 valence electrons. The molecule has 0 aromatic carbocycles. The molecule has 0 spiro atoms. The van der Waals surface area contributed by atoms with Crippen molar-refractivity contribution in [3.05, 3.63) is 0 Å². The van der Waals surface area contributed by atoms with Crippen LogP contribution < -0.4 is 0 Å². The summed E-state index contributed by atoms with van der Waals surface area (Å²) in [7, 11) is 1.84. The lowest BCUT2D eigenvalue weighted by atomic mass is 10.3. The summed E-state index contributed by atoms with van der Waals surface area (Å²) in [6.45, 7) is 2.02. The third kappa shape index (κ3) is 4.01. The second kappa shape index (κ2) is 5.89. The van der Waals surface area contributed by atoms with Crippen molar-refractivity contribution < 1.29 is 4.79 Å². The van der Waals surface area contributed by atoms with E-state index in [1.54, 1.807) is 16.7 Å². The number of halogens is 1. The molecule has 1 atom stereocenters. The molecule has 0 saturated carbocycles. The molecule has 1 unspecified atom stereocenters. The minimum Gasteiger partial charge on any atom is -0.342 e. The average molecular weight is 240 g/mol. The normalized spacial score (nSPS) is 12.7. The quantitative estimate of drug-likeness (QED) is 0.695. The van der Waals surface area contributed by atoms with Crippen LogP contribution in [0.1, 0.15) is 6.92 Å². The van der Waals surface area contributed by atoms with Crippen LogP contribution >= 0.6 is 27.7 Å². The van der Waals surface area contributed by atoms with Crippen LogP contribution in [0.3, 0.4) is 0 Å². The Labute approximate surface area is 80.8 Å². The summed E-state index contributed by atoms with van der Waals surface area (Å²) < 4.78 is 0. The summed E-state index contributed by atoms with van der Waals surface area (Å²) in [5.41, 5.74) is 0. The minimum atomic E-state index is 0.199. The van der Waals surface area contributed by atoms with Crippen molar-refractivity contribution in [3.8, 4) is 0 Å². The zero-order valence-electron chi connectivity index (χ0n) is 7.13. The molecule has 0 fully saturated rings. The SMILES string of the molecule is CSCC(=O)N(C)C(C)CBr. The van der Waals surface area contributed by atoms with Gasteiger partial charge in [0.2, 0.25) is 5.91 Å². The number of rotatable bonds is 4. The second-order valence-electron chi connectivity index (χ2n) is 2.44. The summed E-state index contributed by atoms with van der Waals surface area (Å²) in [4.78, 5) is 13.0. The molecular formula is C7H14BrNOS. The van der Waals surface area contributed by atoms with E-state index < -0.39 is 0 Å². The Balaban J connectivity index is 3.80. The maximum Gasteiger partial charge on any atom is 0.232 e. The zero-order chi connectivity index (χ0) is 8.85. The van der Waals surface area contributed by atoms with E-state index in [1.165, 1.54) is 0 Å². The maximum atomic E-state index is 11.2. The molecule has 0 radical (unpaired) electrons. The molecule has 0 aliphatic carbocycles. The van der Waals surface area contributed by atoms with Gasteiger partial charge in [-0.15, -0.1) is 0 Å². The van der Waals surface area contributed by atoms with E-state index >= 15 is 0 Å². The third-order valence-corrected chi connectivity index (χ3v) is 3.02. The Kier molecular flexibility index (Phi) is 6.05. The zero-order valence-corrected chi connectivity index (χ0v) is 9.54. The lowest BCUT2D eigenvalue weighted by Gasteiger charge is -2.22. The Morgan fingerprint density at radius 1 is 1.73 bits per heavy atom. The van der Waals surface area contributed by atoms with Gasteiger partial charge in [0.05, 0.1) is 5.75 Å². The van der Waals surface area contributed by atoms with Gasteiger partial charge in [0.25, 0.3) is 0 Å². The Morgan fingerprint density at radius 2 is 2.27 bits per heavy atom. The summed E-state index contributed by atoms with van der Waals surface area (Å²) in [6.07, 6.45) is 1.94. The molecule has 2 nitrogen and oxygen atoms in total. The standard InChI is InChI=1S/C7H14BrNOS/c1-6(4-8)9(2)7(10)5-11-3/h6H,4-5H2,1-3H3. The minimum absolute atomic E-state index is 0.199. The van der Waals surface area contributed by atoms with E-state index in [-0.39, 0.29) is 11.9 Å². The molecule has 1 amide bonds. The van der Waals surface area contributed by atoms with Gasteiger partial charge in [0, 0.05) is 18.4 Å². The molecule has 0 aliphatic heterocycles. The monoisotopic (exact) mass is 239 g/mol. The Hall–Kier alpha value is 0.300. The molecule has 0 rings (SSSR count). The molecular weight excluding hydrogens is 226 g/mol. The highest BCUT2D eigenvalue weighted by Crippen LogP contribution is 2.02. The van der Waals surface area contributed by atoms with Gasteiger partial charge in [-0.2, -0.15) is 11.8 Å². The third-order valence-electron chi connectivity index (χ3n) is 1.55. The number of amides is 1. The van der Waals surface area contributed by atoms with Crippen LogP contribution in [0.2, 0.25) is 0 Å². The number of thioether (sulfide) groups is 1. The highest BCUT2D eigenvalue weighted by molar-refractivity contribution is 9.09. The van der Waals surface area contributed by atoms with E-state index in [1.807, 2.05) is 20.2 Å². The van der Waals surface area contributed by atoms with Crippen LogP contribution in [-0.4, -0.2) is 41.2 Å². The molecule has 0 aliphatic rings. The van der Waals surface area contributed by atoms with E-state index in [9.17, 15) is 4.79 Å². The van der Waals surface area contributed by atoms with Crippen LogP contribution in [0, 0.1) is 0 Å². The van der Waals surface area contributed by atoms with Gasteiger partial charge in [-0.25, -0.2) is 0 Å². The Morgan fingerprint density at radius 3 is 2.64 bits per heavy atom. The van der Waals surface area contributed by atoms with E-state index in [0.29, 0.717) is 5.75 Å². The fraction of sp³-hybridized carbons (Fsp3) is 0.857. The molecule has 0 aromatic heterocycles. The van der Waals surface area contributed by atoms with E-state index in [0.717, 1.165) is 5.33 Å². The summed E-state index contributed by atoms with van der Waals surface area (Å²) in [6, 6.07) is 0.287. The van der Waals surface area contributed by atoms with E-state index in [2.05, 4.69) is 15.9 Å². The first kappa shape index (κ1) is 11.3. The number of carbonyl (C=O) groups is 1. The van der Waals surface area contributed by atoms with Crippen molar-refractivity contribution in [2.24, 2.45) is 0 Å². The molecule has 0 aromatic rings. The number of hydrogen-bond acceptors (Lipinski definition) is 2. The fourth-order valence-corrected chi connectivity index (χ4v) is 1.46. The van der Waals surface area contributed by atoms with Crippen LogP contribution in [0.5, 0.6) is 0 Å². The highest BCUT2D eigenvalue weighted by atomic mass is 79.9. The van der Waals surface area contributed by atoms with Crippen LogP contribution in [0.25, 0.3) is 0 Å². The highest BCUT2D eigenvalue weighted by Gasteiger charge is 2.12. The molecule has 0 bridgehead atoms. The molecule has 0 N–H and O–H groups in total. The molecule has 0 saturated heterocycles. The van der Waals surface area contributed by atoms with Gasteiger partial charge in [-0.1, -0.05) is 15.9 Å². The number of hydrogen-bond donors (Lipinski definition) is 0. The van der Waals surface area contributed by atoms with Gasteiger partial charge in [0.15, 0.2) is 0 Å². The van der Waals surface area contributed by atoms with Crippen LogP contribution in [0.15, 0.2) is 0 Å². The predicted molar refractivity (Wildman–Crippen MR) is 54.4 cm³/mol. The topological polar surface area (TPSA) is 20.3 Å². The molecule has 11 heavy (non-hydrogen) atoms. The van der Waals surface area contributed by atoms with Crippen molar-refractivity contribution in [3.63, 3.8) is 0 Å². The van der Waals surface area contributed by atoms with Crippen LogP contribution in [0.4, 0.5) is 0 Å². The fourth-order valence-electron chi connectivity index (χ4n) is 0.575. The average Bonchev–Trinajstić information content (AvgIpc) is 2.02. The van der Waals surface area contributed by atoms with Gasteiger partial charge < -0.3 is 4.90 Å². The second-order valence-corrected chi connectivity index (χ2v) is 3.95. The van der Waals surface area contributed by atoms with Crippen molar-refractivity contribution in [2.75, 3.05) is 24.4 Å². The first-order valence-electron chi connectivity index (χ1n) is 3.44. The van der Waals surface area contributed by atoms with Crippen LogP contribution in [-0.2, 0) is 4.79 Å². The number of alkyl halides is 1. The first-order valence-corrected chi connectivity index (χ1v) is 5.95. The lowest BCUT2D eigenvalue weighted by molar-refractivity contribution is -0.128. The molecule has 4 heteroatoms. The number of carbonyl (C=O) groups excluding carboxylic acids is 1. The maximum absolute atomic E-state index is 11.2. The summed E-state index contributed by atoms with van der Waals surface area (Å²) in [5.74, 6) is 0.776. The van der Waals surface area contributed by atoms with Crippen molar-refractivity contribution in [1.29, 1.82) is 0 Å². The first-order chi connectivity index (χ1) is 5.13. The van der Waals surface area contributed by atoms with E-state index in [4.69, 9.17) is 0 Å². The van der Waals surface area contributed by atoms with Gasteiger partial charge in [0.1, 0.15) is 0 Å². The largest absolute Gasteiger partial charge is 0.342 e. The number of nitrogens with zero attached hydrogens (tertiary/aromatic N) is 1. The predicted octanol–water partition coefficient (Wildman–Crippen LogP) is 1.59. The van der Waals surface area contributed by atoms with Gasteiger partial charge >= 0.3 is 0 Å². The molecule has 0 heterocycles. The van der Waals surface area contributed by atoms with Gasteiger partial charge in [-0.3, -0.25) is 4.79 Å². The summed E-state index contributed by atoms with van der Waals surface area (Å²) in [5, 5.41) is 0.837. The smallest absolute Gasteiger partial charge is 0.232 e. The van der Waals surface area contributed by atoms with Crippen molar-refractivity contribution in [2.45, 2.75) is 13.0 Å².